The van der Waals surface area contributed by atoms with Crippen LogP contribution in [0, 0.1) is 6.92 Å². The molecule has 0 heterocycles. The van der Waals surface area contributed by atoms with E-state index in [4.69, 9.17) is 19.7 Å². The van der Waals surface area contributed by atoms with E-state index in [0.717, 1.165) is 19.3 Å². The molecule has 0 bridgehead atoms. The zero-order valence-electron chi connectivity index (χ0n) is 13.7. The van der Waals surface area contributed by atoms with Crippen LogP contribution < -0.4 is 0 Å². The molecule has 1 aromatic rings. The second kappa shape index (κ2) is 17.6. The van der Waals surface area contributed by atoms with Gasteiger partial charge in [-0.05, 0) is 13.3 Å². The molecule has 6 heteroatoms. The Morgan fingerprint density at radius 2 is 1.70 bits per heavy atom. The average molecular weight is 326 g/mol. The zero-order valence-corrected chi connectivity index (χ0v) is 13.7. The molecule has 0 aromatic heterocycles. The molecule has 0 unspecified atom stereocenters. The maximum atomic E-state index is 10.7. The molecule has 23 heavy (non-hydrogen) atoms. The van der Waals surface area contributed by atoms with Crippen LogP contribution in [-0.2, 0) is 9.47 Å². The van der Waals surface area contributed by atoms with Crippen molar-refractivity contribution in [2.75, 3.05) is 13.2 Å². The minimum Gasteiger partial charge on any atom is -0.450 e. The van der Waals surface area contributed by atoms with Gasteiger partial charge >= 0.3 is 12.3 Å². The van der Waals surface area contributed by atoms with Crippen LogP contribution in [0.1, 0.15) is 31.7 Å². The summed E-state index contributed by atoms with van der Waals surface area (Å²) in [6.07, 6.45) is 2.17. The molecule has 130 valence electrons. The van der Waals surface area contributed by atoms with E-state index in [1.54, 1.807) is 0 Å². The number of ether oxygens (including phenoxy) is 2. The van der Waals surface area contributed by atoms with Gasteiger partial charge in [0, 0.05) is 0 Å². The number of hydrogen-bond acceptors (Lipinski definition) is 4. The van der Waals surface area contributed by atoms with Crippen LogP contribution in [0.15, 0.2) is 43.0 Å². The first-order valence-electron chi connectivity index (χ1n) is 7.28. The predicted octanol–water partition coefficient (Wildman–Crippen LogP) is 4.73. The van der Waals surface area contributed by atoms with E-state index in [1.165, 1.54) is 11.6 Å². The first kappa shape index (κ1) is 22.8. The van der Waals surface area contributed by atoms with Gasteiger partial charge in [-0.15, -0.1) is 0 Å². The summed E-state index contributed by atoms with van der Waals surface area (Å²) in [6.45, 7) is 8.25. The third-order valence-electron chi connectivity index (χ3n) is 2.23. The SMILES string of the molecule is C=CCOC(=O)OCCCCC.Cc1ccccc1.O=C(O)O. The van der Waals surface area contributed by atoms with E-state index < -0.39 is 12.3 Å². The Labute approximate surface area is 137 Å². The van der Waals surface area contributed by atoms with Crippen molar-refractivity contribution in [3.05, 3.63) is 48.6 Å². The molecule has 0 atom stereocenters. The van der Waals surface area contributed by atoms with Crippen molar-refractivity contribution >= 4 is 12.3 Å². The van der Waals surface area contributed by atoms with Crippen molar-refractivity contribution in [2.45, 2.75) is 33.1 Å². The molecule has 0 aliphatic carbocycles. The first-order chi connectivity index (χ1) is 10.9. The van der Waals surface area contributed by atoms with Crippen LogP contribution in [0.2, 0.25) is 0 Å². The molecular formula is C17H26O6. The van der Waals surface area contributed by atoms with Gasteiger partial charge in [-0.25, -0.2) is 9.59 Å². The molecule has 0 radical (unpaired) electrons. The lowest BCUT2D eigenvalue weighted by molar-refractivity contribution is 0.0620. The number of benzene rings is 1. The first-order valence-corrected chi connectivity index (χ1v) is 7.28. The van der Waals surface area contributed by atoms with Crippen molar-refractivity contribution < 1.29 is 29.3 Å². The lowest BCUT2D eigenvalue weighted by Crippen LogP contribution is -2.08. The maximum absolute atomic E-state index is 10.7. The van der Waals surface area contributed by atoms with Crippen molar-refractivity contribution in [3.63, 3.8) is 0 Å². The third kappa shape index (κ3) is 24.9. The van der Waals surface area contributed by atoms with Gasteiger partial charge in [0.2, 0.25) is 0 Å². The molecule has 0 saturated heterocycles. The Hall–Kier alpha value is -2.50. The summed E-state index contributed by atoms with van der Waals surface area (Å²) < 4.78 is 9.33. The predicted molar refractivity (Wildman–Crippen MR) is 88.9 cm³/mol. The van der Waals surface area contributed by atoms with Crippen molar-refractivity contribution in [2.24, 2.45) is 0 Å². The lowest BCUT2D eigenvalue weighted by Gasteiger charge is -2.02. The van der Waals surface area contributed by atoms with Crippen LogP contribution in [0.5, 0.6) is 0 Å². The smallest absolute Gasteiger partial charge is 0.450 e. The Morgan fingerprint density at radius 1 is 1.13 bits per heavy atom. The van der Waals surface area contributed by atoms with Crippen LogP contribution in [0.3, 0.4) is 0 Å². The lowest BCUT2D eigenvalue weighted by atomic mass is 10.2. The number of rotatable bonds is 6. The number of carbonyl (C=O) groups is 2. The maximum Gasteiger partial charge on any atom is 0.508 e. The fourth-order valence-corrected chi connectivity index (χ4v) is 1.21. The van der Waals surface area contributed by atoms with Gasteiger partial charge in [0.05, 0.1) is 6.61 Å². The Kier molecular flexibility index (Phi) is 17.4. The summed E-state index contributed by atoms with van der Waals surface area (Å²) in [4.78, 5) is 19.2. The molecular weight excluding hydrogens is 300 g/mol. The summed E-state index contributed by atoms with van der Waals surface area (Å²) in [5.74, 6) is 0. The van der Waals surface area contributed by atoms with Crippen molar-refractivity contribution in [3.8, 4) is 0 Å². The van der Waals surface area contributed by atoms with Gasteiger partial charge in [-0.1, -0.05) is 68.3 Å². The number of unbranched alkanes of at least 4 members (excludes halogenated alkanes) is 2. The number of aryl methyl sites for hydroxylation is 1. The molecule has 1 aromatic carbocycles. The van der Waals surface area contributed by atoms with Gasteiger partial charge in [0.15, 0.2) is 0 Å². The van der Waals surface area contributed by atoms with Crippen LogP contribution in [0.4, 0.5) is 9.59 Å². The minimum absolute atomic E-state index is 0.215. The van der Waals surface area contributed by atoms with E-state index in [0.29, 0.717) is 6.61 Å². The van der Waals surface area contributed by atoms with Gasteiger partial charge in [-0.3, -0.25) is 0 Å². The highest BCUT2D eigenvalue weighted by atomic mass is 16.7. The summed E-state index contributed by atoms with van der Waals surface area (Å²) in [5.41, 5.74) is 1.32. The summed E-state index contributed by atoms with van der Waals surface area (Å²) in [7, 11) is 0. The molecule has 6 nitrogen and oxygen atoms in total. The summed E-state index contributed by atoms with van der Waals surface area (Å²) in [6, 6.07) is 10.3. The standard InChI is InChI=1S/C9H16O3.C7H8.CH2O3/c1-3-5-6-8-12-9(10)11-7-4-2;1-7-5-3-2-4-6-7;2-1(3)4/h4H,2-3,5-8H2,1H3;2-6H,1H3;(H2,2,3,4). The molecule has 0 aliphatic rings. The monoisotopic (exact) mass is 326 g/mol. The van der Waals surface area contributed by atoms with Gasteiger partial charge < -0.3 is 19.7 Å². The van der Waals surface area contributed by atoms with Crippen LogP contribution in [0.25, 0.3) is 0 Å². The normalized spacial score (nSPS) is 8.43. The largest absolute Gasteiger partial charge is 0.508 e. The second-order valence-corrected chi connectivity index (χ2v) is 4.34. The number of hydrogen-bond donors (Lipinski definition) is 2. The van der Waals surface area contributed by atoms with Crippen molar-refractivity contribution in [1.82, 2.24) is 0 Å². The Bertz CT molecular complexity index is 412. The fourth-order valence-electron chi connectivity index (χ4n) is 1.21. The highest BCUT2D eigenvalue weighted by molar-refractivity contribution is 5.59. The Balaban J connectivity index is 0. The molecule has 0 saturated carbocycles. The topological polar surface area (TPSA) is 93.1 Å². The van der Waals surface area contributed by atoms with E-state index in [9.17, 15) is 4.79 Å². The highest BCUT2D eigenvalue weighted by Crippen LogP contribution is 1.95. The highest BCUT2D eigenvalue weighted by Gasteiger charge is 2.00. The molecule has 0 fully saturated rings. The van der Waals surface area contributed by atoms with E-state index in [2.05, 4.69) is 37.3 Å². The average Bonchev–Trinajstić information content (AvgIpc) is 2.50. The van der Waals surface area contributed by atoms with Gasteiger partial charge in [0.1, 0.15) is 6.61 Å². The minimum atomic E-state index is -1.83. The van der Waals surface area contributed by atoms with E-state index in [-0.39, 0.29) is 6.61 Å². The molecule has 0 amide bonds. The fraction of sp³-hybridized carbons (Fsp3) is 0.412. The van der Waals surface area contributed by atoms with Crippen molar-refractivity contribution in [1.29, 1.82) is 0 Å². The second-order valence-electron chi connectivity index (χ2n) is 4.34. The van der Waals surface area contributed by atoms with Gasteiger partial charge in [0.25, 0.3) is 0 Å². The Morgan fingerprint density at radius 3 is 2.09 bits per heavy atom. The van der Waals surface area contributed by atoms with Crippen LogP contribution >= 0.6 is 0 Å². The molecule has 1 rings (SSSR count). The van der Waals surface area contributed by atoms with Gasteiger partial charge in [-0.2, -0.15) is 0 Å². The summed E-state index contributed by atoms with van der Waals surface area (Å²) in [5, 5.41) is 13.9. The molecule has 2 N–H and O–H groups in total. The van der Waals surface area contributed by atoms with E-state index in [1.807, 2.05) is 18.2 Å². The number of carbonyl (C=O) groups excluding carboxylic acids is 1. The zero-order chi connectivity index (χ0) is 17.9. The quantitative estimate of drug-likeness (QED) is 0.446. The van der Waals surface area contributed by atoms with E-state index >= 15 is 0 Å². The molecule has 0 aliphatic heterocycles. The van der Waals surface area contributed by atoms with Crippen LogP contribution in [-0.4, -0.2) is 35.7 Å². The summed E-state index contributed by atoms with van der Waals surface area (Å²) >= 11 is 0. The molecule has 0 spiro atoms. The number of carboxylic acid groups (broad SMARTS) is 2. The third-order valence-corrected chi connectivity index (χ3v) is 2.23.